The number of carbonyl (C=O) groups is 1. The molecule has 0 aromatic carbocycles. The number of anilines is 1. The van der Waals surface area contributed by atoms with Crippen molar-refractivity contribution in [1.29, 1.82) is 0 Å². The first-order valence-corrected chi connectivity index (χ1v) is 8.55. The largest absolute Gasteiger partial charge is 0.381 e. The Morgan fingerprint density at radius 2 is 2.08 bits per heavy atom. The average molecular weight is 340 g/mol. The number of nitrogens with zero attached hydrogens (tertiary/aromatic N) is 2. The van der Waals surface area contributed by atoms with Gasteiger partial charge in [0.1, 0.15) is 5.82 Å². The van der Waals surface area contributed by atoms with Crippen LogP contribution in [0.1, 0.15) is 22.1 Å². The fraction of sp³-hybridized carbons (Fsp3) is 0.316. The summed E-state index contributed by atoms with van der Waals surface area (Å²) in [6.07, 6.45) is 7.73. The second kappa shape index (κ2) is 7.03. The smallest absolute Gasteiger partial charge is 0.225 e. The third kappa shape index (κ3) is 3.69. The molecule has 2 N–H and O–H groups in total. The molecule has 1 aliphatic rings. The van der Waals surface area contributed by atoms with Gasteiger partial charge < -0.3 is 15.0 Å². The number of rotatable bonds is 4. The van der Waals surface area contributed by atoms with Crippen molar-refractivity contribution in [3.05, 3.63) is 42.9 Å². The number of carbonyl (C=O) groups excluding carboxylic acids is 1. The lowest BCUT2D eigenvalue weighted by atomic mass is 9.96. The van der Waals surface area contributed by atoms with E-state index in [1.165, 1.54) is 0 Å². The maximum atomic E-state index is 12.2. The van der Waals surface area contributed by atoms with Gasteiger partial charge in [0.25, 0.3) is 0 Å². The molecule has 0 spiro atoms. The zero-order valence-corrected chi connectivity index (χ0v) is 13.9. The van der Waals surface area contributed by atoms with Crippen molar-refractivity contribution in [2.75, 3.05) is 18.5 Å². The number of amides is 1. The number of nitrogens with one attached hydrogen (secondary N) is 2. The monoisotopic (exact) mass is 340 g/mol. The van der Waals surface area contributed by atoms with E-state index in [1.54, 1.807) is 18.6 Å². The summed E-state index contributed by atoms with van der Waals surface area (Å²) in [6.45, 7) is 1.50. The van der Waals surface area contributed by atoms with Gasteiger partial charge in [0, 0.05) is 63.8 Å². The highest BCUT2D eigenvalue weighted by atomic mass is 16.5. The second-order valence-electron chi connectivity index (χ2n) is 6.38. The molecule has 0 bridgehead atoms. The predicted molar refractivity (Wildman–Crippen MR) is 100 cm³/mol. The molecular formula is C19H24N4O2. The van der Waals surface area contributed by atoms with Crippen LogP contribution >= 0.6 is 0 Å². The molecule has 0 atom stereocenters. The molecule has 0 unspecified atom stereocenters. The van der Waals surface area contributed by atoms with Gasteiger partial charge in [0.2, 0.25) is 5.91 Å². The Morgan fingerprint density at radius 1 is 1.28 bits per heavy atom. The third-order valence-corrected chi connectivity index (χ3v) is 4.58. The van der Waals surface area contributed by atoms with Gasteiger partial charge >= 0.3 is 0 Å². The molecule has 3 aromatic heterocycles. The first kappa shape index (κ1) is 15.8. The lowest BCUT2D eigenvalue weighted by Crippen LogP contribution is -2.22. The first-order chi connectivity index (χ1) is 12.3. The number of aromatic amines is 1. The van der Waals surface area contributed by atoms with Gasteiger partial charge in [-0.25, -0.2) is 4.98 Å². The molecule has 25 heavy (non-hydrogen) atoms. The van der Waals surface area contributed by atoms with E-state index in [0.717, 1.165) is 48.2 Å². The van der Waals surface area contributed by atoms with Gasteiger partial charge in [-0.15, -0.1) is 0 Å². The van der Waals surface area contributed by atoms with E-state index in [9.17, 15) is 4.79 Å². The maximum absolute atomic E-state index is 12.2. The summed E-state index contributed by atoms with van der Waals surface area (Å²) in [5.41, 5.74) is 3.02. The molecule has 6 heteroatoms. The molecule has 0 saturated carbocycles. The van der Waals surface area contributed by atoms with E-state index in [1.807, 2.05) is 24.3 Å². The minimum absolute atomic E-state index is 0. The Morgan fingerprint density at radius 3 is 2.88 bits per heavy atom. The number of aromatic nitrogens is 3. The number of pyridine rings is 2. The first-order valence-electron chi connectivity index (χ1n) is 8.55. The minimum Gasteiger partial charge on any atom is -0.381 e. The molecule has 0 aliphatic carbocycles. The zero-order valence-electron chi connectivity index (χ0n) is 13.9. The molecule has 4 rings (SSSR count). The van der Waals surface area contributed by atoms with Crippen molar-refractivity contribution in [2.45, 2.75) is 19.3 Å². The van der Waals surface area contributed by atoms with Crippen LogP contribution in [0.4, 0.5) is 5.82 Å². The van der Waals surface area contributed by atoms with Gasteiger partial charge in [-0.2, -0.15) is 0 Å². The van der Waals surface area contributed by atoms with Crippen LogP contribution in [-0.4, -0.2) is 34.1 Å². The minimum atomic E-state index is 0. The lowest BCUT2D eigenvalue weighted by molar-refractivity contribution is -0.117. The van der Waals surface area contributed by atoms with Crippen molar-refractivity contribution in [3.63, 3.8) is 0 Å². The van der Waals surface area contributed by atoms with Crippen molar-refractivity contribution in [2.24, 2.45) is 5.92 Å². The number of ether oxygens (including phenoxy) is 1. The van der Waals surface area contributed by atoms with Crippen LogP contribution in [0.2, 0.25) is 0 Å². The number of hydrogen-bond donors (Lipinski definition) is 2. The topological polar surface area (TPSA) is 79.9 Å². The van der Waals surface area contributed by atoms with Crippen LogP contribution in [0.3, 0.4) is 0 Å². The molecule has 1 aliphatic heterocycles. The summed E-state index contributed by atoms with van der Waals surface area (Å²) in [7, 11) is 0. The molecule has 1 fully saturated rings. The quantitative estimate of drug-likeness (QED) is 0.755. The normalized spacial score (nSPS) is 15.4. The number of fused-ring (bicyclic) bond motifs is 1. The van der Waals surface area contributed by atoms with Crippen molar-refractivity contribution in [3.8, 4) is 11.3 Å². The highest BCUT2D eigenvalue weighted by Gasteiger charge is 2.17. The summed E-state index contributed by atoms with van der Waals surface area (Å²) >= 11 is 0. The summed E-state index contributed by atoms with van der Waals surface area (Å²) < 4.78 is 5.33. The van der Waals surface area contributed by atoms with E-state index >= 15 is 0 Å². The Labute approximate surface area is 148 Å². The van der Waals surface area contributed by atoms with Gasteiger partial charge in [0.05, 0.1) is 5.52 Å². The van der Waals surface area contributed by atoms with Crippen LogP contribution in [0.15, 0.2) is 42.9 Å². The third-order valence-electron chi connectivity index (χ3n) is 4.58. The Kier molecular flexibility index (Phi) is 4.43. The maximum Gasteiger partial charge on any atom is 0.225 e. The second-order valence-corrected chi connectivity index (χ2v) is 6.38. The molecule has 1 amide bonds. The van der Waals surface area contributed by atoms with E-state index in [2.05, 4.69) is 20.3 Å². The van der Waals surface area contributed by atoms with E-state index in [4.69, 9.17) is 4.74 Å². The van der Waals surface area contributed by atoms with Crippen LogP contribution in [0.5, 0.6) is 0 Å². The number of H-pyrrole nitrogens is 1. The van der Waals surface area contributed by atoms with Crippen LogP contribution < -0.4 is 5.32 Å². The molecule has 6 nitrogen and oxygen atoms in total. The van der Waals surface area contributed by atoms with Crippen LogP contribution in [-0.2, 0) is 9.53 Å². The van der Waals surface area contributed by atoms with E-state index < -0.39 is 0 Å². The highest BCUT2D eigenvalue weighted by Crippen LogP contribution is 2.25. The fourth-order valence-electron chi connectivity index (χ4n) is 3.19. The lowest BCUT2D eigenvalue weighted by Gasteiger charge is -2.21. The predicted octanol–water partition coefficient (Wildman–Crippen LogP) is 3.87. The van der Waals surface area contributed by atoms with E-state index in [0.29, 0.717) is 18.2 Å². The summed E-state index contributed by atoms with van der Waals surface area (Å²) in [5.74, 6) is 0.994. The van der Waals surface area contributed by atoms with Gasteiger partial charge in [-0.1, -0.05) is 0 Å². The molecule has 1 saturated heterocycles. The van der Waals surface area contributed by atoms with Crippen molar-refractivity contribution in [1.82, 2.24) is 15.0 Å². The van der Waals surface area contributed by atoms with Crippen LogP contribution in [0, 0.1) is 5.92 Å². The van der Waals surface area contributed by atoms with Gasteiger partial charge in [0.15, 0.2) is 0 Å². The Balaban J connectivity index is 0.00000131. The van der Waals surface area contributed by atoms with Gasteiger partial charge in [-0.05, 0) is 37.0 Å². The van der Waals surface area contributed by atoms with Crippen molar-refractivity contribution < 1.29 is 12.4 Å². The number of hydrogen-bond acceptors (Lipinski definition) is 4. The standard InChI is InChI=1S/C19H20N4O2.2H2/c24-19(9-13-3-7-25-8-4-13)23-18-11-17-15(12-21-18)10-16(22-17)14-1-5-20-6-2-14;;/h1-2,5-6,10-13,22H,3-4,7-9H2,(H,21,23,24);2*1H. The summed E-state index contributed by atoms with van der Waals surface area (Å²) in [5, 5.41) is 3.92. The molecule has 0 radical (unpaired) electrons. The van der Waals surface area contributed by atoms with Gasteiger partial charge in [-0.3, -0.25) is 9.78 Å². The molecule has 4 heterocycles. The zero-order chi connectivity index (χ0) is 17.1. The molecule has 132 valence electrons. The Hall–Kier alpha value is -2.73. The molecule has 3 aromatic rings. The van der Waals surface area contributed by atoms with E-state index in [-0.39, 0.29) is 8.76 Å². The average Bonchev–Trinajstić information content (AvgIpc) is 3.06. The summed E-state index contributed by atoms with van der Waals surface area (Å²) in [6, 6.07) is 7.83. The fourth-order valence-corrected chi connectivity index (χ4v) is 3.19. The SMILES string of the molecule is O=C(CC1CCOCC1)Nc1cc2[nH]c(-c3ccncc3)cc2cn1.[HH].[HH]. The molecular weight excluding hydrogens is 316 g/mol. The summed E-state index contributed by atoms with van der Waals surface area (Å²) in [4.78, 5) is 24.0. The van der Waals surface area contributed by atoms with Crippen molar-refractivity contribution >= 4 is 22.6 Å². The Bertz CT molecular complexity index is 880. The van der Waals surface area contributed by atoms with Crippen LogP contribution in [0.25, 0.3) is 22.2 Å². The highest BCUT2D eigenvalue weighted by molar-refractivity contribution is 5.93.